The quantitative estimate of drug-likeness (QED) is 0.890. The zero-order valence-corrected chi connectivity index (χ0v) is 12.1. The predicted octanol–water partition coefficient (Wildman–Crippen LogP) is 0.802. The van der Waals surface area contributed by atoms with E-state index in [1.807, 2.05) is 0 Å². The molecule has 7 heteroatoms. The normalized spacial score (nSPS) is 27.6. The molecular formula is C13H18N4O2S. The Labute approximate surface area is 121 Å². The topological polar surface area (TPSA) is 67.4 Å². The Morgan fingerprint density at radius 1 is 1.50 bits per heavy atom. The molecule has 108 valence electrons. The predicted molar refractivity (Wildman–Crippen MR) is 74.7 cm³/mol. The molecule has 3 fully saturated rings. The molecule has 1 aromatic rings. The molecule has 1 aromatic heterocycles. The number of amides is 1. The number of nitrogens with zero attached hydrogens (tertiary/aromatic N) is 3. The minimum atomic E-state index is -0.259. The van der Waals surface area contributed by atoms with Crippen molar-refractivity contribution >= 4 is 22.4 Å². The van der Waals surface area contributed by atoms with Crippen molar-refractivity contribution in [1.29, 1.82) is 0 Å². The van der Waals surface area contributed by atoms with Gasteiger partial charge in [-0.25, -0.2) is 0 Å². The molecule has 1 atom stereocenters. The fourth-order valence-electron chi connectivity index (χ4n) is 3.00. The molecule has 3 aliphatic rings. The van der Waals surface area contributed by atoms with Crippen LogP contribution >= 0.6 is 11.3 Å². The third kappa shape index (κ3) is 2.29. The van der Waals surface area contributed by atoms with E-state index in [2.05, 4.69) is 20.4 Å². The molecule has 1 aliphatic carbocycles. The number of hydrogen-bond donors (Lipinski definition) is 1. The van der Waals surface area contributed by atoms with Crippen LogP contribution in [-0.2, 0) is 9.53 Å². The van der Waals surface area contributed by atoms with Crippen molar-refractivity contribution in [2.45, 2.75) is 37.4 Å². The highest BCUT2D eigenvalue weighted by molar-refractivity contribution is 7.13. The summed E-state index contributed by atoms with van der Waals surface area (Å²) in [6, 6.07) is 0. The molecule has 1 saturated carbocycles. The van der Waals surface area contributed by atoms with Crippen molar-refractivity contribution in [3.8, 4) is 0 Å². The first-order valence-electron chi connectivity index (χ1n) is 7.21. The van der Waals surface area contributed by atoms with Crippen molar-refractivity contribution in [2.75, 3.05) is 24.5 Å². The third-order valence-electron chi connectivity index (χ3n) is 4.39. The van der Waals surface area contributed by atoms with Crippen LogP contribution in [0.5, 0.6) is 0 Å². The molecule has 0 aromatic carbocycles. The van der Waals surface area contributed by atoms with Crippen LogP contribution in [0.15, 0.2) is 5.51 Å². The highest BCUT2D eigenvalue weighted by Crippen LogP contribution is 2.40. The number of anilines is 1. The number of nitrogens with one attached hydrogen (secondary N) is 1. The summed E-state index contributed by atoms with van der Waals surface area (Å²) in [4.78, 5) is 14.2. The second-order valence-corrected chi connectivity index (χ2v) is 6.91. The number of hydrogen-bond acceptors (Lipinski definition) is 6. The Bertz CT molecular complexity index is 496. The van der Waals surface area contributed by atoms with Gasteiger partial charge in [-0.1, -0.05) is 11.3 Å². The van der Waals surface area contributed by atoms with Gasteiger partial charge in [0.05, 0.1) is 13.1 Å². The van der Waals surface area contributed by atoms with Crippen LogP contribution in [-0.4, -0.2) is 47.4 Å². The van der Waals surface area contributed by atoms with Gasteiger partial charge < -0.3 is 15.0 Å². The van der Waals surface area contributed by atoms with E-state index in [0.29, 0.717) is 5.92 Å². The number of carbonyl (C=O) groups excluding carboxylic acids is 1. The third-order valence-corrected chi connectivity index (χ3v) is 5.14. The number of rotatable bonds is 4. The van der Waals surface area contributed by atoms with Gasteiger partial charge in [-0.05, 0) is 31.6 Å². The molecule has 0 unspecified atom stereocenters. The van der Waals surface area contributed by atoms with Gasteiger partial charge in [0.25, 0.3) is 0 Å². The molecule has 1 N–H and O–H groups in total. The molecule has 4 rings (SSSR count). The summed E-state index contributed by atoms with van der Waals surface area (Å²) in [5.41, 5.74) is 1.61. The first-order chi connectivity index (χ1) is 9.74. The zero-order valence-electron chi connectivity index (χ0n) is 11.2. The minimum absolute atomic E-state index is 0.0724. The Kier molecular flexibility index (Phi) is 2.92. The first-order valence-corrected chi connectivity index (χ1v) is 8.09. The van der Waals surface area contributed by atoms with Gasteiger partial charge in [0.2, 0.25) is 11.0 Å². The van der Waals surface area contributed by atoms with Crippen molar-refractivity contribution in [3.63, 3.8) is 0 Å². The van der Waals surface area contributed by atoms with Crippen LogP contribution in [0.1, 0.15) is 25.7 Å². The Morgan fingerprint density at radius 3 is 3.05 bits per heavy atom. The van der Waals surface area contributed by atoms with E-state index in [-0.39, 0.29) is 17.6 Å². The highest BCUT2D eigenvalue weighted by atomic mass is 32.1. The van der Waals surface area contributed by atoms with E-state index in [1.54, 1.807) is 16.8 Å². The Morgan fingerprint density at radius 2 is 2.35 bits per heavy atom. The first kappa shape index (κ1) is 12.5. The zero-order chi connectivity index (χ0) is 13.6. The largest absolute Gasteiger partial charge is 0.358 e. The Hall–Kier alpha value is -1.21. The van der Waals surface area contributed by atoms with Gasteiger partial charge in [-0.2, -0.15) is 0 Å². The standard InChI is InChI=1S/C13H18N4O2S/c18-11(14-5-9-1-2-9)10-3-4-13(19-10)6-17(7-13)12-16-15-8-20-12/h8-10H,1-7H2,(H,14,18)/t10-/m1/s1. The van der Waals surface area contributed by atoms with Crippen LogP contribution < -0.4 is 10.2 Å². The van der Waals surface area contributed by atoms with E-state index in [0.717, 1.165) is 37.6 Å². The maximum atomic E-state index is 12.0. The van der Waals surface area contributed by atoms with Gasteiger partial charge in [-0.3, -0.25) is 4.79 Å². The minimum Gasteiger partial charge on any atom is -0.358 e. The van der Waals surface area contributed by atoms with Gasteiger partial charge in [-0.15, -0.1) is 10.2 Å². The van der Waals surface area contributed by atoms with Crippen molar-refractivity contribution < 1.29 is 9.53 Å². The fourth-order valence-corrected chi connectivity index (χ4v) is 3.56. The average Bonchev–Trinajstić information content (AvgIpc) is 2.92. The summed E-state index contributed by atoms with van der Waals surface area (Å²) < 4.78 is 6.03. The van der Waals surface area contributed by atoms with Crippen molar-refractivity contribution in [2.24, 2.45) is 5.92 Å². The van der Waals surface area contributed by atoms with Gasteiger partial charge in [0, 0.05) is 6.54 Å². The summed E-state index contributed by atoms with van der Waals surface area (Å²) in [6.07, 6.45) is 4.05. The second-order valence-electron chi connectivity index (χ2n) is 6.09. The lowest BCUT2D eigenvalue weighted by Gasteiger charge is -2.47. The summed E-state index contributed by atoms with van der Waals surface area (Å²) in [5.74, 6) is 0.786. The lowest BCUT2D eigenvalue weighted by molar-refractivity contribution is -0.139. The van der Waals surface area contributed by atoms with E-state index < -0.39 is 0 Å². The van der Waals surface area contributed by atoms with Crippen LogP contribution in [0.2, 0.25) is 0 Å². The lowest BCUT2D eigenvalue weighted by atomic mass is 9.91. The van der Waals surface area contributed by atoms with Crippen LogP contribution in [0.3, 0.4) is 0 Å². The molecule has 2 aliphatic heterocycles. The van der Waals surface area contributed by atoms with E-state index in [1.165, 1.54) is 12.8 Å². The SMILES string of the molecule is O=C(NCC1CC1)[C@H]1CCC2(CN(c3nncs3)C2)O1. The molecule has 0 radical (unpaired) electrons. The Balaban J connectivity index is 1.29. The molecule has 2 saturated heterocycles. The average molecular weight is 294 g/mol. The van der Waals surface area contributed by atoms with Gasteiger partial charge >= 0.3 is 0 Å². The highest BCUT2D eigenvalue weighted by Gasteiger charge is 2.51. The molecule has 1 spiro atoms. The van der Waals surface area contributed by atoms with Crippen LogP contribution in [0.4, 0.5) is 5.13 Å². The lowest BCUT2D eigenvalue weighted by Crippen LogP contribution is -2.62. The van der Waals surface area contributed by atoms with Gasteiger partial charge in [0.1, 0.15) is 17.2 Å². The maximum Gasteiger partial charge on any atom is 0.249 e. The van der Waals surface area contributed by atoms with Crippen LogP contribution in [0.25, 0.3) is 0 Å². The molecule has 20 heavy (non-hydrogen) atoms. The summed E-state index contributed by atoms with van der Waals surface area (Å²) in [7, 11) is 0. The maximum absolute atomic E-state index is 12.0. The number of ether oxygens (including phenoxy) is 1. The van der Waals surface area contributed by atoms with E-state index in [9.17, 15) is 4.79 Å². The number of carbonyl (C=O) groups is 1. The van der Waals surface area contributed by atoms with Gasteiger partial charge in [0.15, 0.2) is 0 Å². The number of aromatic nitrogens is 2. The molecule has 3 heterocycles. The smallest absolute Gasteiger partial charge is 0.249 e. The molecule has 1 amide bonds. The van der Waals surface area contributed by atoms with Crippen molar-refractivity contribution in [3.05, 3.63) is 5.51 Å². The van der Waals surface area contributed by atoms with Crippen LogP contribution in [0, 0.1) is 5.92 Å². The fraction of sp³-hybridized carbons (Fsp3) is 0.769. The second kappa shape index (κ2) is 4.66. The monoisotopic (exact) mass is 294 g/mol. The molecule has 0 bridgehead atoms. The van der Waals surface area contributed by atoms with Crippen molar-refractivity contribution in [1.82, 2.24) is 15.5 Å². The summed E-state index contributed by atoms with van der Waals surface area (Å²) in [6.45, 7) is 2.48. The van der Waals surface area contributed by atoms with E-state index in [4.69, 9.17) is 4.74 Å². The summed E-state index contributed by atoms with van der Waals surface area (Å²) >= 11 is 1.54. The molecular weight excluding hydrogens is 276 g/mol. The summed E-state index contributed by atoms with van der Waals surface area (Å²) in [5, 5.41) is 11.9. The van der Waals surface area contributed by atoms with E-state index >= 15 is 0 Å². The molecule has 6 nitrogen and oxygen atoms in total.